The second-order valence-electron chi connectivity index (χ2n) is 23.3. The maximum Gasteiger partial charge on any atom is 0.419 e. The Bertz CT molecular complexity index is 4050. The van der Waals surface area contributed by atoms with Crippen LogP contribution in [0.15, 0.2) is 148 Å². The molecule has 93 heavy (non-hydrogen) atoms. The van der Waals surface area contributed by atoms with Crippen LogP contribution < -0.4 is 50.0 Å². The average Bonchev–Trinajstić information content (AvgIpc) is 1.75. The topological polar surface area (TPSA) is 173 Å². The van der Waals surface area contributed by atoms with Crippen molar-refractivity contribution in [3.05, 3.63) is 176 Å². The van der Waals surface area contributed by atoms with Crippen molar-refractivity contribution in [1.82, 2.24) is 28.4 Å². The van der Waals surface area contributed by atoms with Gasteiger partial charge in [-0.25, -0.2) is 32.9 Å². The third-order valence-corrected chi connectivity index (χ3v) is 18.0. The normalized spacial score (nSPS) is 16.6. The SMILES string of the molecule is COc1ccc(-n2ccn(-c3cccc(F)c3)c2=O)cc1OCCN1CCCCC1.COc1ccc(N2CC(=O)N(c3cccc(F)c3)C2=O)cc1OCCN1CCCCC1.O=C1N(c2ccc(Cl)c(Cl)c2)CCN1c1ccc2oc(=O)n(CCN3CCCCC3)c2c1. The zero-order chi connectivity index (χ0) is 65.0. The summed E-state index contributed by atoms with van der Waals surface area (Å²) in [6.07, 6.45) is 14.5. The van der Waals surface area contributed by atoms with Gasteiger partial charge in [0.15, 0.2) is 28.6 Å². The van der Waals surface area contributed by atoms with Crippen molar-refractivity contribution in [3.8, 4) is 34.4 Å². The molecule has 0 unspecified atom stereocenters. The monoisotopic (exact) mass is 1310 g/mol. The summed E-state index contributed by atoms with van der Waals surface area (Å²) >= 11 is 12.1. The highest BCUT2D eigenvalue weighted by atomic mass is 35.5. The molecular weight excluding hydrogens is 1240 g/mol. The number of fused-ring (bicyclic) bond motifs is 1. The molecular formula is C69H76Cl2F2N10O10. The summed E-state index contributed by atoms with van der Waals surface area (Å²) in [5.74, 6) is 0.612. The van der Waals surface area contributed by atoms with Gasteiger partial charge in [0.1, 0.15) is 31.4 Å². The molecule has 2 aromatic heterocycles. The molecule has 0 bridgehead atoms. The highest BCUT2D eigenvalue weighted by Gasteiger charge is 2.39. The Balaban J connectivity index is 0.000000143. The number of anilines is 4. The van der Waals surface area contributed by atoms with Crippen LogP contribution in [-0.4, -0.2) is 152 Å². The first-order valence-electron chi connectivity index (χ1n) is 31.7. The first-order valence-corrected chi connectivity index (χ1v) is 32.4. The number of imide groups is 1. The summed E-state index contributed by atoms with van der Waals surface area (Å²) in [4.78, 5) is 76.8. The van der Waals surface area contributed by atoms with E-state index in [1.807, 2.05) is 12.1 Å². The summed E-state index contributed by atoms with van der Waals surface area (Å²) in [5.41, 5.74) is 4.26. The van der Waals surface area contributed by atoms with E-state index in [-0.39, 0.29) is 35.5 Å². The van der Waals surface area contributed by atoms with Gasteiger partial charge in [0, 0.05) is 80.9 Å². The number of halogens is 4. The molecule has 5 aliphatic rings. The molecule has 6 aromatic carbocycles. The number of methoxy groups -OCH3 is 2. The number of benzene rings is 6. The molecule has 8 aromatic rings. The van der Waals surface area contributed by atoms with Gasteiger partial charge in [0.05, 0.1) is 46.8 Å². The van der Waals surface area contributed by atoms with E-state index in [2.05, 4.69) is 14.7 Å². The van der Waals surface area contributed by atoms with E-state index in [9.17, 15) is 32.8 Å². The molecule has 0 aliphatic carbocycles. The van der Waals surface area contributed by atoms with E-state index in [1.54, 1.807) is 114 Å². The first-order chi connectivity index (χ1) is 45.2. The molecule has 24 heteroatoms. The van der Waals surface area contributed by atoms with Crippen LogP contribution >= 0.6 is 23.2 Å². The minimum Gasteiger partial charge on any atom is -0.493 e. The van der Waals surface area contributed by atoms with Crippen LogP contribution in [0.4, 0.5) is 41.1 Å². The highest BCUT2D eigenvalue weighted by Crippen LogP contribution is 2.36. The Kier molecular flexibility index (Phi) is 21.8. The van der Waals surface area contributed by atoms with Gasteiger partial charge in [-0.1, -0.05) is 54.6 Å². The Morgan fingerprint density at radius 1 is 0.452 bits per heavy atom. The van der Waals surface area contributed by atoms with Crippen molar-refractivity contribution in [2.75, 3.05) is 126 Å². The van der Waals surface area contributed by atoms with Crippen LogP contribution in [0.1, 0.15) is 57.8 Å². The summed E-state index contributed by atoms with van der Waals surface area (Å²) in [7, 11) is 3.15. The summed E-state index contributed by atoms with van der Waals surface area (Å²) in [5, 5.41) is 0.861. The van der Waals surface area contributed by atoms with Crippen LogP contribution in [-0.2, 0) is 11.3 Å². The molecule has 5 amide bonds. The lowest BCUT2D eigenvalue weighted by atomic mass is 10.1. The van der Waals surface area contributed by atoms with E-state index < -0.39 is 17.8 Å². The number of urea groups is 2. The number of rotatable bonds is 19. The Hall–Kier alpha value is -8.67. The number of carbonyl (C=O) groups is 3. The third-order valence-electron chi connectivity index (χ3n) is 17.3. The maximum absolute atomic E-state index is 13.6. The molecule has 0 atom stereocenters. The molecule has 5 fully saturated rings. The highest BCUT2D eigenvalue weighted by molar-refractivity contribution is 6.42. The summed E-state index contributed by atoms with van der Waals surface area (Å²) in [6.45, 7) is 11.6. The molecule has 490 valence electrons. The van der Waals surface area contributed by atoms with E-state index in [4.69, 9.17) is 46.6 Å². The minimum atomic E-state index is -0.528. The average molecular weight is 1310 g/mol. The van der Waals surface area contributed by atoms with Gasteiger partial charge in [-0.05, 0) is 175 Å². The van der Waals surface area contributed by atoms with Gasteiger partial charge in [-0.15, -0.1) is 0 Å². The zero-order valence-corrected chi connectivity index (χ0v) is 53.8. The molecule has 0 N–H and O–H groups in total. The van der Waals surface area contributed by atoms with Gasteiger partial charge in [0.25, 0.3) is 5.91 Å². The van der Waals surface area contributed by atoms with Crippen molar-refractivity contribution >= 4 is 75.0 Å². The van der Waals surface area contributed by atoms with Gasteiger partial charge >= 0.3 is 23.5 Å². The van der Waals surface area contributed by atoms with Crippen molar-refractivity contribution in [1.29, 1.82) is 0 Å². The molecule has 20 nitrogen and oxygen atoms in total. The number of ether oxygens (including phenoxy) is 4. The predicted octanol–water partition coefficient (Wildman–Crippen LogP) is 12.1. The number of oxazole rings is 1. The lowest BCUT2D eigenvalue weighted by Crippen LogP contribution is -2.34. The van der Waals surface area contributed by atoms with Crippen LogP contribution in [0, 0.1) is 11.6 Å². The molecule has 0 spiro atoms. The van der Waals surface area contributed by atoms with Crippen LogP contribution in [0.25, 0.3) is 22.5 Å². The second-order valence-corrected chi connectivity index (χ2v) is 24.1. The quantitative estimate of drug-likeness (QED) is 0.0701. The standard InChI is InChI=1S/C23H24Cl2N4O3.C23H26FN3O4.C23H26FN3O3/c24-18-6-4-16(14-19(18)25)27-12-13-28(22(27)30)17-5-7-21-20(15-17)29(23(31)32-21)11-10-26-8-2-1-3-9-26;1-30-20-9-8-18(15-21(20)31-13-12-25-10-3-2-4-11-25)26-16-22(28)27(23(26)29)19-7-5-6-17(24)14-19;1-29-21-9-8-20(17-22(21)30-15-14-25-10-3-2-4-11-25)27-13-12-26(23(27)28)19-7-5-6-18(24)16-19/h4-7,14-15H,1-3,8-13H2;5-9,14-15H,2-4,10-13,16H2,1H3;5-9,12-13,16-17H,2-4,10-11,14-15H2,1H3. The Morgan fingerprint density at radius 2 is 0.935 bits per heavy atom. The Labute approximate surface area is 548 Å². The van der Waals surface area contributed by atoms with Crippen LogP contribution in [0.2, 0.25) is 10.0 Å². The van der Waals surface area contributed by atoms with E-state index in [1.165, 1.54) is 108 Å². The number of hydrogen-bond acceptors (Lipinski definition) is 13. The van der Waals surface area contributed by atoms with E-state index in [0.29, 0.717) is 99.7 Å². The van der Waals surface area contributed by atoms with Crippen LogP contribution in [0.5, 0.6) is 23.0 Å². The smallest absolute Gasteiger partial charge is 0.419 e. The Morgan fingerprint density at radius 3 is 1.49 bits per heavy atom. The van der Waals surface area contributed by atoms with Crippen molar-refractivity contribution in [2.45, 2.75) is 64.3 Å². The van der Waals surface area contributed by atoms with Gasteiger partial charge in [-0.2, -0.15) is 0 Å². The molecule has 0 radical (unpaired) electrons. The number of carbonyl (C=O) groups excluding carboxylic acids is 3. The van der Waals surface area contributed by atoms with Crippen molar-refractivity contribution < 1.29 is 46.5 Å². The molecule has 7 heterocycles. The molecule has 13 rings (SSSR count). The largest absolute Gasteiger partial charge is 0.493 e. The number of likely N-dealkylation sites (tertiary alicyclic amines) is 3. The lowest BCUT2D eigenvalue weighted by molar-refractivity contribution is -0.115. The number of piperidine rings is 3. The number of imidazole rings is 1. The molecule has 5 saturated heterocycles. The lowest BCUT2D eigenvalue weighted by Gasteiger charge is -2.26. The predicted molar refractivity (Wildman–Crippen MR) is 356 cm³/mol. The van der Waals surface area contributed by atoms with E-state index >= 15 is 0 Å². The number of amides is 5. The van der Waals surface area contributed by atoms with Crippen LogP contribution in [0.3, 0.4) is 0 Å². The first kappa shape index (κ1) is 65.8. The summed E-state index contributed by atoms with van der Waals surface area (Å²) in [6, 6.07) is 31.8. The molecule has 0 saturated carbocycles. The van der Waals surface area contributed by atoms with E-state index in [0.717, 1.165) is 69.5 Å². The fourth-order valence-electron chi connectivity index (χ4n) is 12.3. The van der Waals surface area contributed by atoms with Gasteiger partial charge in [-0.3, -0.25) is 43.0 Å². The van der Waals surface area contributed by atoms with Crippen molar-refractivity contribution in [2.24, 2.45) is 0 Å². The molecule has 5 aliphatic heterocycles. The minimum absolute atomic E-state index is 0.130. The maximum atomic E-state index is 13.6. The number of nitrogens with zero attached hydrogens (tertiary/aromatic N) is 10. The number of hydrogen-bond donors (Lipinski definition) is 0. The summed E-state index contributed by atoms with van der Waals surface area (Å²) < 4.78 is 59.9. The van der Waals surface area contributed by atoms with Gasteiger partial charge < -0.3 is 28.3 Å². The zero-order valence-electron chi connectivity index (χ0n) is 52.2. The van der Waals surface area contributed by atoms with Gasteiger partial charge in [0.2, 0.25) is 0 Å². The fraction of sp³-hybridized carbons (Fsp3) is 0.377. The fourth-order valence-corrected chi connectivity index (χ4v) is 12.6. The second kappa shape index (κ2) is 30.8. The van der Waals surface area contributed by atoms with Crippen molar-refractivity contribution in [3.63, 3.8) is 0 Å². The third kappa shape index (κ3) is 15.9. The number of aromatic nitrogens is 3.